The molecule has 4 nitrogen and oxygen atoms in total. The molecule has 0 spiro atoms. The van der Waals surface area contributed by atoms with Crippen LogP contribution in [0.5, 0.6) is 0 Å². The van der Waals surface area contributed by atoms with Crippen molar-refractivity contribution < 1.29 is 9.18 Å². The second-order valence-electron chi connectivity index (χ2n) is 6.10. The highest BCUT2D eigenvalue weighted by molar-refractivity contribution is 5.78. The van der Waals surface area contributed by atoms with Gasteiger partial charge in [0.25, 0.3) is 0 Å². The maximum Gasteiger partial charge on any atom is 0.236 e. The van der Waals surface area contributed by atoms with Gasteiger partial charge in [-0.3, -0.25) is 9.69 Å². The molecule has 1 aromatic rings. The molecule has 0 saturated carbocycles. The number of rotatable bonds is 7. The number of hydrogen-bond acceptors (Lipinski definition) is 3. The molecule has 1 fully saturated rings. The molecule has 5 heteroatoms. The Hall–Kier alpha value is -1.62. The van der Waals surface area contributed by atoms with E-state index in [1.165, 1.54) is 6.07 Å². The first-order chi connectivity index (χ1) is 11.2. The maximum absolute atomic E-state index is 13.8. The Kier molecular flexibility index (Phi) is 6.84. The summed E-state index contributed by atoms with van der Waals surface area (Å²) in [5.74, 6) is 0.00410. The molecular formula is C18H28FN3O. The zero-order valence-electron chi connectivity index (χ0n) is 14.3. The van der Waals surface area contributed by atoms with Crippen LogP contribution in [0.2, 0.25) is 0 Å². The van der Waals surface area contributed by atoms with Gasteiger partial charge >= 0.3 is 0 Å². The molecule has 2 rings (SSSR count). The molecule has 0 unspecified atom stereocenters. The summed E-state index contributed by atoms with van der Waals surface area (Å²) in [6, 6.07) is 6.84. The maximum atomic E-state index is 13.8. The molecule has 0 aliphatic carbocycles. The van der Waals surface area contributed by atoms with Crippen molar-refractivity contribution in [2.75, 3.05) is 50.7 Å². The number of nitrogens with zero attached hydrogens (tertiary/aromatic N) is 3. The van der Waals surface area contributed by atoms with E-state index in [9.17, 15) is 9.18 Å². The van der Waals surface area contributed by atoms with E-state index in [0.29, 0.717) is 38.4 Å². The van der Waals surface area contributed by atoms with Gasteiger partial charge in [0.05, 0.1) is 12.2 Å². The topological polar surface area (TPSA) is 26.8 Å². The summed E-state index contributed by atoms with van der Waals surface area (Å²) < 4.78 is 13.8. The second kappa shape index (κ2) is 8.87. The molecule has 1 aliphatic heterocycles. The standard InChI is InChI=1S/C18H28FN3O/c1-3-9-20(10-4-2)15-18(23)22-13-11-21(12-14-22)17-8-6-5-7-16(17)19/h5-8H,3-4,9-15H2,1-2H3. The normalized spacial score (nSPS) is 15.3. The van der Waals surface area contributed by atoms with Crippen molar-refractivity contribution >= 4 is 11.6 Å². The number of carbonyl (C=O) groups is 1. The molecule has 128 valence electrons. The van der Waals surface area contributed by atoms with Crippen molar-refractivity contribution in [3.63, 3.8) is 0 Å². The molecule has 1 saturated heterocycles. The highest BCUT2D eigenvalue weighted by atomic mass is 19.1. The Morgan fingerprint density at radius 1 is 1.09 bits per heavy atom. The molecule has 1 aromatic carbocycles. The third-order valence-corrected chi connectivity index (χ3v) is 4.26. The van der Waals surface area contributed by atoms with Crippen molar-refractivity contribution in [3.8, 4) is 0 Å². The summed E-state index contributed by atoms with van der Waals surface area (Å²) in [5.41, 5.74) is 0.637. The fraction of sp³-hybridized carbons (Fsp3) is 0.611. The van der Waals surface area contributed by atoms with Gasteiger partial charge in [0, 0.05) is 26.2 Å². The van der Waals surface area contributed by atoms with Gasteiger partial charge in [-0.1, -0.05) is 26.0 Å². The first-order valence-corrected chi connectivity index (χ1v) is 8.65. The lowest BCUT2D eigenvalue weighted by Gasteiger charge is -2.37. The largest absolute Gasteiger partial charge is 0.366 e. The third-order valence-electron chi connectivity index (χ3n) is 4.26. The fourth-order valence-corrected chi connectivity index (χ4v) is 3.10. The Bertz CT molecular complexity index is 495. The Labute approximate surface area is 138 Å². The zero-order chi connectivity index (χ0) is 16.7. The summed E-state index contributed by atoms with van der Waals surface area (Å²) in [6.45, 7) is 9.42. The third kappa shape index (κ3) is 4.93. The van der Waals surface area contributed by atoms with Crippen LogP contribution < -0.4 is 4.90 Å². The van der Waals surface area contributed by atoms with Crippen molar-refractivity contribution in [1.29, 1.82) is 0 Å². The van der Waals surface area contributed by atoms with E-state index in [2.05, 4.69) is 18.7 Å². The van der Waals surface area contributed by atoms with Gasteiger partial charge in [-0.2, -0.15) is 0 Å². The van der Waals surface area contributed by atoms with Crippen LogP contribution in [0.25, 0.3) is 0 Å². The van der Waals surface area contributed by atoms with Gasteiger partial charge in [0.1, 0.15) is 5.82 Å². The fourth-order valence-electron chi connectivity index (χ4n) is 3.10. The van der Waals surface area contributed by atoms with Crippen LogP contribution in [0, 0.1) is 5.82 Å². The Morgan fingerprint density at radius 2 is 1.70 bits per heavy atom. The predicted molar refractivity (Wildman–Crippen MR) is 92.2 cm³/mol. The number of hydrogen-bond donors (Lipinski definition) is 0. The van der Waals surface area contributed by atoms with E-state index >= 15 is 0 Å². The minimum Gasteiger partial charge on any atom is -0.366 e. The summed E-state index contributed by atoms with van der Waals surface area (Å²) >= 11 is 0. The average molecular weight is 321 g/mol. The highest BCUT2D eigenvalue weighted by Gasteiger charge is 2.23. The first-order valence-electron chi connectivity index (χ1n) is 8.65. The highest BCUT2D eigenvalue weighted by Crippen LogP contribution is 2.20. The monoisotopic (exact) mass is 321 g/mol. The molecule has 0 N–H and O–H groups in total. The molecule has 23 heavy (non-hydrogen) atoms. The van der Waals surface area contributed by atoms with Gasteiger partial charge < -0.3 is 9.80 Å². The van der Waals surface area contributed by atoms with Crippen LogP contribution in [0.1, 0.15) is 26.7 Å². The first kappa shape index (κ1) is 17.7. The van der Waals surface area contributed by atoms with Crippen molar-refractivity contribution in [2.24, 2.45) is 0 Å². The Balaban J connectivity index is 1.86. The number of piperazine rings is 1. The smallest absolute Gasteiger partial charge is 0.236 e. The number of benzene rings is 1. The Morgan fingerprint density at radius 3 is 2.26 bits per heavy atom. The molecule has 0 atom stereocenters. The van der Waals surface area contributed by atoms with Crippen LogP contribution in [-0.2, 0) is 4.79 Å². The van der Waals surface area contributed by atoms with Crippen LogP contribution in [0.4, 0.5) is 10.1 Å². The number of carbonyl (C=O) groups excluding carboxylic acids is 1. The lowest BCUT2D eigenvalue weighted by Crippen LogP contribution is -2.51. The molecule has 0 bridgehead atoms. The van der Waals surface area contributed by atoms with Gasteiger partial charge in [-0.15, -0.1) is 0 Å². The van der Waals surface area contributed by atoms with Crippen LogP contribution >= 0.6 is 0 Å². The van der Waals surface area contributed by atoms with Crippen LogP contribution in [0.3, 0.4) is 0 Å². The molecule has 1 aliphatic rings. The zero-order valence-corrected chi connectivity index (χ0v) is 14.3. The summed E-state index contributed by atoms with van der Waals surface area (Å²) in [5, 5.41) is 0. The van der Waals surface area contributed by atoms with Gasteiger partial charge in [-0.05, 0) is 38.1 Å². The van der Waals surface area contributed by atoms with Crippen molar-refractivity contribution in [1.82, 2.24) is 9.80 Å². The summed E-state index contributed by atoms with van der Waals surface area (Å²) in [6.07, 6.45) is 2.13. The lowest BCUT2D eigenvalue weighted by molar-refractivity contribution is -0.132. The molecular weight excluding hydrogens is 293 g/mol. The number of anilines is 1. The molecule has 1 amide bonds. The minimum atomic E-state index is -0.190. The number of halogens is 1. The lowest BCUT2D eigenvalue weighted by atomic mass is 10.2. The molecule has 1 heterocycles. The van der Waals surface area contributed by atoms with Gasteiger partial charge in [-0.25, -0.2) is 4.39 Å². The van der Waals surface area contributed by atoms with Crippen LogP contribution in [-0.4, -0.2) is 61.5 Å². The number of amides is 1. The predicted octanol–water partition coefficient (Wildman–Crippen LogP) is 2.60. The van der Waals surface area contributed by atoms with E-state index in [1.807, 2.05) is 15.9 Å². The SMILES string of the molecule is CCCN(CCC)CC(=O)N1CCN(c2ccccc2F)CC1. The summed E-state index contributed by atoms with van der Waals surface area (Å²) in [4.78, 5) is 18.6. The second-order valence-corrected chi connectivity index (χ2v) is 6.10. The van der Waals surface area contributed by atoms with E-state index in [0.717, 1.165) is 25.9 Å². The van der Waals surface area contributed by atoms with E-state index in [-0.39, 0.29) is 11.7 Å². The van der Waals surface area contributed by atoms with E-state index in [1.54, 1.807) is 12.1 Å². The van der Waals surface area contributed by atoms with Crippen LogP contribution in [0.15, 0.2) is 24.3 Å². The minimum absolute atomic E-state index is 0.190. The van der Waals surface area contributed by atoms with Crippen molar-refractivity contribution in [2.45, 2.75) is 26.7 Å². The van der Waals surface area contributed by atoms with Crippen molar-refractivity contribution in [3.05, 3.63) is 30.1 Å². The number of para-hydroxylation sites is 1. The quantitative estimate of drug-likeness (QED) is 0.772. The van der Waals surface area contributed by atoms with Gasteiger partial charge in [0.15, 0.2) is 0 Å². The average Bonchev–Trinajstić information content (AvgIpc) is 2.56. The van der Waals surface area contributed by atoms with E-state index < -0.39 is 0 Å². The molecule has 0 radical (unpaired) electrons. The van der Waals surface area contributed by atoms with E-state index in [4.69, 9.17) is 0 Å². The van der Waals surface area contributed by atoms with Gasteiger partial charge in [0.2, 0.25) is 5.91 Å². The summed E-state index contributed by atoms with van der Waals surface area (Å²) in [7, 11) is 0. The molecule has 0 aromatic heterocycles.